The van der Waals surface area contributed by atoms with E-state index >= 15 is 0 Å². The number of rotatable bonds is 51. The number of esters is 3. The molecule has 0 radical (unpaired) electrons. The topological polar surface area (TPSA) is 78.9 Å². The van der Waals surface area contributed by atoms with E-state index < -0.39 is 6.10 Å². The highest BCUT2D eigenvalue weighted by atomic mass is 16.6. The van der Waals surface area contributed by atoms with Crippen molar-refractivity contribution in [2.75, 3.05) is 13.2 Å². The maximum Gasteiger partial charge on any atom is 0.306 e. The summed E-state index contributed by atoms with van der Waals surface area (Å²) in [5, 5.41) is 0. The van der Waals surface area contributed by atoms with Gasteiger partial charge in [0, 0.05) is 19.3 Å². The van der Waals surface area contributed by atoms with Crippen molar-refractivity contribution in [3.63, 3.8) is 0 Å². The van der Waals surface area contributed by atoms with Gasteiger partial charge in [-0.2, -0.15) is 0 Å². The minimum Gasteiger partial charge on any atom is -0.462 e. The standard InChI is InChI=1S/C57H106O6/c1-4-7-10-13-16-19-21-23-25-27-29-31-33-35-38-41-44-47-50-56(59)62-53-54(52-61-55(58)49-46-43-40-37-18-15-12-9-6-3)63-57(60)51-48-45-42-39-36-34-32-30-28-26-24-22-20-17-14-11-8-5-2/h25,27,29,31,54H,4-24,26,28,30,32-53H2,1-3H3/b27-25-,31-29-. The minimum absolute atomic E-state index is 0.0716. The zero-order chi connectivity index (χ0) is 45.8. The molecule has 0 aliphatic rings. The van der Waals surface area contributed by atoms with Crippen molar-refractivity contribution in [3.8, 4) is 0 Å². The first-order valence-corrected chi connectivity index (χ1v) is 27.9. The van der Waals surface area contributed by atoms with Crippen molar-refractivity contribution in [1.82, 2.24) is 0 Å². The predicted octanol–water partition coefficient (Wildman–Crippen LogP) is 18.3. The Bertz CT molecular complexity index is 1020. The second-order valence-electron chi connectivity index (χ2n) is 18.9. The number of carbonyl (C=O) groups is 3. The van der Waals surface area contributed by atoms with Gasteiger partial charge in [-0.25, -0.2) is 0 Å². The molecular formula is C57H106O6. The average Bonchev–Trinajstić information content (AvgIpc) is 3.28. The first kappa shape index (κ1) is 60.9. The number of ether oxygens (including phenoxy) is 3. The van der Waals surface area contributed by atoms with Crippen LogP contribution in [0.1, 0.15) is 303 Å². The van der Waals surface area contributed by atoms with Gasteiger partial charge < -0.3 is 14.2 Å². The van der Waals surface area contributed by atoms with Crippen LogP contribution in [0.5, 0.6) is 0 Å². The molecule has 0 amide bonds. The molecule has 0 aromatic carbocycles. The Morgan fingerprint density at radius 1 is 0.317 bits per heavy atom. The largest absolute Gasteiger partial charge is 0.462 e. The van der Waals surface area contributed by atoms with Crippen LogP contribution in [0.15, 0.2) is 24.3 Å². The highest BCUT2D eigenvalue weighted by Crippen LogP contribution is 2.16. The van der Waals surface area contributed by atoms with Crippen molar-refractivity contribution >= 4 is 17.9 Å². The minimum atomic E-state index is -0.771. The molecule has 0 bridgehead atoms. The monoisotopic (exact) mass is 887 g/mol. The van der Waals surface area contributed by atoms with Gasteiger partial charge in [0.15, 0.2) is 6.10 Å². The van der Waals surface area contributed by atoms with E-state index in [1.165, 1.54) is 186 Å². The predicted molar refractivity (Wildman–Crippen MR) is 270 cm³/mol. The lowest BCUT2D eigenvalue weighted by molar-refractivity contribution is -0.167. The van der Waals surface area contributed by atoms with Crippen LogP contribution in [-0.2, 0) is 28.6 Å². The van der Waals surface area contributed by atoms with E-state index in [1.54, 1.807) is 0 Å². The fourth-order valence-electron chi connectivity index (χ4n) is 8.26. The molecule has 0 aliphatic heterocycles. The molecule has 0 saturated carbocycles. The Kier molecular flexibility index (Phi) is 50.8. The Hall–Kier alpha value is -2.11. The second kappa shape index (κ2) is 52.5. The molecule has 1 atom stereocenters. The fourth-order valence-corrected chi connectivity index (χ4v) is 8.26. The van der Waals surface area contributed by atoms with Crippen LogP contribution in [0.25, 0.3) is 0 Å². The summed E-state index contributed by atoms with van der Waals surface area (Å²) in [6.45, 7) is 6.64. The molecule has 0 spiro atoms. The van der Waals surface area contributed by atoms with E-state index in [0.29, 0.717) is 19.3 Å². The van der Waals surface area contributed by atoms with E-state index in [0.717, 1.165) is 77.0 Å². The summed E-state index contributed by atoms with van der Waals surface area (Å²) >= 11 is 0. The van der Waals surface area contributed by atoms with E-state index in [9.17, 15) is 14.4 Å². The third-order valence-corrected chi connectivity index (χ3v) is 12.5. The van der Waals surface area contributed by atoms with Gasteiger partial charge in [0.25, 0.3) is 0 Å². The van der Waals surface area contributed by atoms with E-state index in [-0.39, 0.29) is 31.1 Å². The Morgan fingerprint density at radius 3 is 0.841 bits per heavy atom. The highest BCUT2D eigenvalue weighted by Gasteiger charge is 2.19. The molecule has 0 fully saturated rings. The molecular weight excluding hydrogens is 781 g/mol. The Balaban J connectivity index is 4.28. The van der Waals surface area contributed by atoms with Gasteiger partial charge in [0.1, 0.15) is 13.2 Å². The third-order valence-electron chi connectivity index (χ3n) is 12.5. The summed E-state index contributed by atoms with van der Waals surface area (Å²) in [6.07, 6.45) is 60.3. The van der Waals surface area contributed by atoms with Crippen molar-refractivity contribution in [1.29, 1.82) is 0 Å². The van der Waals surface area contributed by atoms with Crippen LogP contribution < -0.4 is 0 Å². The van der Waals surface area contributed by atoms with Crippen LogP contribution >= 0.6 is 0 Å². The van der Waals surface area contributed by atoms with Gasteiger partial charge in [0.05, 0.1) is 0 Å². The molecule has 370 valence electrons. The van der Waals surface area contributed by atoms with Crippen molar-refractivity contribution < 1.29 is 28.6 Å². The molecule has 0 aromatic rings. The summed E-state index contributed by atoms with van der Waals surface area (Å²) in [5.74, 6) is -0.872. The lowest BCUT2D eigenvalue weighted by atomic mass is 10.0. The first-order valence-electron chi connectivity index (χ1n) is 27.9. The van der Waals surface area contributed by atoms with E-state index in [2.05, 4.69) is 45.1 Å². The molecule has 0 saturated heterocycles. The van der Waals surface area contributed by atoms with Crippen molar-refractivity contribution in [2.45, 2.75) is 309 Å². The average molecular weight is 887 g/mol. The first-order chi connectivity index (χ1) is 31.0. The van der Waals surface area contributed by atoms with Crippen LogP contribution in [0.3, 0.4) is 0 Å². The summed E-state index contributed by atoms with van der Waals surface area (Å²) in [5.41, 5.74) is 0. The van der Waals surface area contributed by atoms with Gasteiger partial charge in [-0.1, -0.05) is 263 Å². The molecule has 6 heteroatoms. The SMILES string of the molecule is CCCCCCCCC/C=C\C=C/CCCCCCCC(=O)OCC(COC(=O)CCCCCCCCCCC)OC(=O)CCCCCCCCCCCCCCCCCCCC. The quantitative estimate of drug-likeness (QED) is 0.0262. The van der Waals surface area contributed by atoms with Crippen molar-refractivity contribution in [2.24, 2.45) is 0 Å². The van der Waals surface area contributed by atoms with E-state index in [4.69, 9.17) is 14.2 Å². The fraction of sp³-hybridized carbons (Fsp3) is 0.877. The second-order valence-corrected chi connectivity index (χ2v) is 18.9. The smallest absolute Gasteiger partial charge is 0.306 e. The van der Waals surface area contributed by atoms with Gasteiger partial charge in [0.2, 0.25) is 0 Å². The van der Waals surface area contributed by atoms with E-state index in [1.807, 2.05) is 0 Å². The van der Waals surface area contributed by atoms with Gasteiger partial charge in [-0.05, 0) is 44.9 Å². The molecule has 0 aromatic heterocycles. The summed E-state index contributed by atoms with van der Waals surface area (Å²) < 4.78 is 16.8. The Morgan fingerprint density at radius 2 is 0.556 bits per heavy atom. The van der Waals surface area contributed by atoms with Gasteiger partial charge >= 0.3 is 17.9 Å². The molecule has 63 heavy (non-hydrogen) atoms. The van der Waals surface area contributed by atoms with Crippen LogP contribution in [0.2, 0.25) is 0 Å². The maximum absolute atomic E-state index is 12.8. The summed E-state index contributed by atoms with van der Waals surface area (Å²) in [4.78, 5) is 38.0. The molecule has 0 heterocycles. The zero-order valence-electron chi connectivity index (χ0n) is 42.4. The number of allylic oxidation sites excluding steroid dienone is 4. The third kappa shape index (κ3) is 50.7. The maximum atomic E-state index is 12.8. The van der Waals surface area contributed by atoms with Crippen molar-refractivity contribution in [3.05, 3.63) is 24.3 Å². The van der Waals surface area contributed by atoms with Crippen LogP contribution in [0.4, 0.5) is 0 Å². The Labute approximate surface area is 392 Å². The number of unbranched alkanes of at least 4 members (excludes halogenated alkanes) is 37. The number of carbonyl (C=O) groups excluding carboxylic acids is 3. The van der Waals surface area contributed by atoms with Gasteiger partial charge in [-0.15, -0.1) is 0 Å². The normalized spacial score (nSPS) is 12.1. The molecule has 0 aliphatic carbocycles. The molecule has 0 N–H and O–H groups in total. The zero-order valence-corrected chi connectivity index (χ0v) is 42.4. The highest BCUT2D eigenvalue weighted by molar-refractivity contribution is 5.71. The molecule has 6 nitrogen and oxygen atoms in total. The summed E-state index contributed by atoms with van der Waals surface area (Å²) in [6, 6.07) is 0. The van der Waals surface area contributed by atoms with Crippen LogP contribution in [-0.4, -0.2) is 37.2 Å². The molecule has 1 unspecified atom stereocenters. The lowest BCUT2D eigenvalue weighted by Gasteiger charge is -2.18. The summed E-state index contributed by atoms with van der Waals surface area (Å²) in [7, 11) is 0. The number of hydrogen-bond acceptors (Lipinski definition) is 6. The lowest BCUT2D eigenvalue weighted by Crippen LogP contribution is -2.30. The van der Waals surface area contributed by atoms with Gasteiger partial charge in [-0.3, -0.25) is 14.4 Å². The number of hydrogen-bond donors (Lipinski definition) is 0. The van der Waals surface area contributed by atoms with Crippen LogP contribution in [0, 0.1) is 0 Å². The molecule has 0 rings (SSSR count).